The molecule has 0 saturated heterocycles. The number of rotatable bonds is 8. The molecule has 7 heteroatoms. The number of halogens is 1. The van der Waals surface area contributed by atoms with Gasteiger partial charge in [0.25, 0.3) is 5.91 Å². The van der Waals surface area contributed by atoms with Crippen LogP contribution in [-0.4, -0.2) is 30.0 Å². The molecule has 0 spiro atoms. The van der Waals surface area contributed by atoms with Gasteiger partial charge in [0.05, 0.1) is 6.42 Å². The van der Waals surface area contributed by atoms with Crippen LogP contribution in [0.15, 0.2) is 53.4 Å². The third-order valence-electron chi connectivity index (χ3n) is 3.74. The lowest BCUT2D eigenvalue weighted by Crippen LogP contribution is -2.30. The van der Waals surface area contributed by atoms with Crippen LogP contribution < -0.4 is 5.32 Å². The Balaban J connectivity index is 1.79. The predicted octanol–water partition coefficient (Wildman–Crippen LogP) is 4.08. The zero-order valence-electron chi connectivity index (χ0n) is 15.0. The number of esters is 1. The molecule has 2 aromatic carbocycles. The molecule has 2 aromatic rings. The lowest BCUT2D eigenvalue weighted by Gasteiger charge is -2.13. The summed E-state index contributed by atoms with van der Waals surface area (Å²) in [4.78, 5) is 37.0. The number of nitrogens with one attached hydrogen (secondary N) is 1. The zero-order chi connectivity index (χ0) is 19.8. The molecular weight excluding hydrogens is 369 g/mol. The first-order valence-electron chi connectivity index (χ1n) is 8.32. The van der Waals surface area contributed by atoms with Crippen LogP contribution in [0.25, 0.3) is 0 Å². The van der Waals surface area contributed by atoms with Gasteiger partial charge in [-0.05, 0) is 43.5 Å². The summed E-state index contributed by atoms with van der Waals surface area (Å²) in [5.74, 6) is -1.88. The number of ketones is 1. The van der Waals surface area contributed by atoms with Crippen molar-refractivity contribution in [3.05, 3.63) is 59.9 Å². The molecule has 0 aliphatic rings. The minimum absolute atomic E-state index is 0.00428. The fourth-order valence-electron chi connectivity index (χ4n) is 2.26. The molecule has 0 aliphatic carbocycles. The van der Waals surface area contributed by atoms with Crippen LogP contribution in [0.5, 0.6) is 0 Å². The standard InChI is InChI=1S/C20H20FNO4S/c1-13(20(25)22-16-5-3-4-15(21)12-16)26-19(24)11-10-18(23)14-6-8-17(27-2)9-7-14/h3-9,12-13H,10-11H2,1-2H3,(H,22,25)/t13-/m0/s1. The maximum absolute atomic E-state index is 13.1. The van der Waals surface area contributed by atoms with E-state index in [0.29, 0.717) is 5.56 Å². The summed E-state index contributed by atoms with van der Waals surface area (Å²) in [6, 6.07) is 12.5. The summed E-state index contributed by atoms with van der Waals surface area (Å²) in [7, 11) is 0. The Morgan fingerprint density at radius 2 is 1.81 bits per heavy atom. The smallest absolute Gasteiger partial charge is 0.307 e. The van der Waals surface area contributed by atoms with Crippen molar-refractivity contribution < 1.29 is 23.5 Å². The number of carbonyl (C=O) groups is 3. The molecule has 5 nitrogen and oxygen atoms in total. The van der Waals surface area contributed by atoms with Gasteiger partial charge in [-0.15, -0.1) is 11.8 Å². The quantitative estimate of drug-likeness (QED) is 0.418. The number of amides is 1. The first-order chi connectivity index (χ1) is 12.9. The summed E-state index contributed by atoms with van der Waals surface area (Å²) in [5.41, 5.74) is 0.796. The average molecular weight is 389 g/mol. The topological polar surface area (TPSA) is 72.5 Å². The molecule has 0 fully saturated rings. The normalized spacial score (nSPS) is 11.5. The first kappa shape index (κ1) is 20.6. The van der Waals surface area contributed by atoms with Gasteiger partial charge in [0, 0.05) is 22.6 Å². The maximum Gasteiger partial charge on any atom is 0.307 e. The molecule has 142 valence electrons. The molecule has 0 saturated carbocycles. The van der Waals surface area contributed by atoms with Crippen molar-refractivity contribution in [2.24, 2.45) is 0 Å². The zero-order valence-corrected chi connectivity index (χ0v) is 15.8. The fourth-order valence-corrected chi connectivity index (χ4v) is 2.66. The average Bonchev–Trinajstić information content (AvgIpc) is 2.66. The molecule has 2 rings (SSSR count). The summed E-state index contributed by atoms with van der Waals surface area (Å²) in [5, 5.41) is 2.46. The van der Waals surface area contributed by atoms with Crippen molar-refractivity contribution in [2.75, 3.05) is 11.6 Å². The summed E-state index contributed by atoms with van der Waals surface area (Å²) in [6.45, 7) is 1.41. The van der Waals surface area contributed by atoms with E-state index in [4.69, 9.17) is 4.74 Å². The number of thioether (sulfide) groups is 1. The molecular formula is C20H20FNO4S. The van der Waals surface area contributed by atoms with Gasteiger partial charge in [0.2, 0.25) is 0 Å². The van der Waals surface area contributed by atoms with Crippen LogP contribution in [0.1, 0.15) is 30.1 Å². The Kier molecular flexibility index (Phi) is 7.55. The van der Waals surface area contributed by atoms with Crippen molar-refractivity contribution in [3.8, 4) is 0 Å². The Morgan fingerprint density at radius 1 is 1.11 bits per heavy atom. The molecule has 0 unspecified atom stereocenters. The van der Waals surface area contributed by atoms with E-state index in [1.165, 1.54) is 25.1 Å². The molecule has 1 amide bonds. The van der Waals surface area contributed by atoms with Crippen molar-refractivity contribution in [3.63, 3.8) is 0 Å². The highest BCUT2D eigenvalue weighted by molar-refractivity contribution is 7.98. The number of hydrogen-bond acceptors (Lipinski definition) is 5. The van der Waals surface area contributed by atoms with Crippen LogP contribution in [0.3, 0.4) is 0 Å². The number of ether oxygens (including phenoxy) is 1. The van der Waals surface area contributed by atoms with Gasteiger partial charge in [-0.2, -0.15) is 0 Å². The van der Waals surface area contributed by atoms with Crippen molar-refractivity contribution >= 4 is 35.1 Å². The highest BCUT2D eigenvalue weighted by atomic mass is 32.2. The monoisotopic (exact) mass is 389 g/mol. The van der Waals surface area contributed by atoms with Gasteiger partial charge < -0.3 is 10.1 Å². The van der Waals surface area contributed by atoms with Gasteiger partial charge >= 0.3 is 5.97 Å². The molecule has 0 heterocycles. The number of anilines is 1. The lowest BCUT2D eigenvalue weighted by molar-refractivity contribution is -0.153. The van der Waals surface area contributed by atoms with Crippen molar-refractivity contribution in [2.45, 2.75) is 30.8 Å². The third-order valence-corrected chi connectivity index (χ3v) is 4.48. The Labute approximate surface area is 161 Å². The van der Waals surface area contributed by atoms with Crippen LogP contribution in [-0.2, 0) is 14.3 Å². The van der Waals surface area contributed by atoms with Crippen LogP contribution in [0, 0.1) is 5.82 Å². The number of hydrogen-bond donors (Lipinski definition) is 1. The lowest BCUT2D eigenvalue weighted by atomic mass is 10.1. The van der Waals surface area contributed by atoms with Gasteiger partial charge in [0.15, 0.2) is 11.9 Å². The van der Waals surface area contributed by atoms with E-state index >= 15 is 0 Å². The summed E-state index contributed by atoms with van der Waals surface area (Å²) < 4.78 is 18.2. The second-order valence-electron chi connectivity index (χ2n) is 5.78. The van der Waals surface area contributed by atoms with E-state index in [0.717, 1.165) is 11.0 Å². The molecule has 0 aromatic heterocycles. The SMILES string of the molecule is CSc1ccc(C(=O)CCC(=O)O[C@@H](C)C(=O)Nc2cccc(F)c2)cc1. The molecule has 1 atom stereocenters. The molecule has 0 radical (unpaired) electrons. The van der Waals surface area contributed by atoms with E-state index in [1.54, 1.807) is 23.9 Å². The van der Waals surface area contributed by atoms with Crippen LogP contribution >= 0.6 is 11.8 Å². The predicted molar refractivity (Wildman–Crippen MR) is 102 cm³/mol. The number of Topliss-reactive ketones (excluding diaryl/α,β-unsaturated/α-hetero) is 1. The Morgan fingerprint density at radius 3 is 2.44 bits per heavy atom. The van der Waals surface area contributed by atoms with E-state index in [1.807, 2.05) is 18.4 Å². The summed E-state index contributed by atoms with van der Waals surface area (Å²) >= 11 is 1.57. The van der Waals surface area contributed by atoms with Gasteiger partial charge in [-0.3, -0.25) is 14.4 Å². The van der Waals surface area contributed by atoms with E-state index in [2.05, 4.69) is 5.32 Å². The number of carbonyl (C=O) groups excluding carboxylic acids is 3. The summed E-state index contributed by atoms with van der Waals surface area (Å²) in [6.07, 6.45) is 0.756. The Hall–Kier alpha value is -2.67. The second-order valence-corrected chi connectivity index (χ2v) is 6.66. The van der Waals surface area contributed by atoms with Gasteiger partial charge in [-0.1, -0.05) is 18.2 Å². The van der Waals surface area contributed by atoms with Crippen LogP contribution in [0.2, 0.25) is 0 Å². The molecule has 0 aliphatic heterocycles. The van der Waals surface area contributed by atoms with Gasteiger partial charge in [0.1, 0.15) is 5.82 Å². The molecule has 0 bridgehead atoms. The van der Waals surface area contributed by atoms with Crippen molar-refractivity contribution in [1.29, 1.82) is 0 Å². The highest BCUT2D eigenvalue weighted by Gasteiger charge is 2.19. The third kappa shape index (κ3) is 6.53. The number of benzene rings is 2. The van der Waals surface area contributed by atoms with E-state index < -0.39 is 23.8 Å². The first-order valence-corrected chi connectivity index (χ1v) is 9.54. The van der Waals surface area contributed by atoms with Crippen molar-refractivity contribution in [1.82, 2.24) is 0 Å². The van der Waals surface area contributed by atoms with Gasteiger partial charge in [-0.25, -0.2) is 4.39 Å². The molecule has 27 heavy (non-hydrogen) atoms. The van der Waals surface area contributed by atoms with E-state index in [9.17, 15) is 18.8 Å². The second kappa shape index (κ2) is 9.87. The fraction of sp³-hybridized carbons (Fsp3) is 0.250. The highest BCUT2D eigenvalue weighted by Crippen LogP contribution is 2.16. The van der Waals surface area contributed by atoms with Crippen LogP contribution in [0.4, 0.5) is 10.1 Å². The largest absolute Gasteiger partial charge is 0.453 e. The molecule has 1 N–H and O–H groups in total. The minimum atomic E-state index is -1.06. The minimum Gasteiger partial charge on any atom is -0.453 e. The maximum atomic E-state index is 13.1. The Bertz CT molecular complexity index is 823. The van der Waals surface area contributed by atoms with E-state index in [-0.39, 0.29) is 24.3 Å².